The van der Waals surface area contributed by atoms with Gasteiger partial charge in [0.25, 0.3) is 0 Å². The minimum atomic E-state index is -3.59. The smallest absolute Gasteiger partial charge is 0.332 e. The van der Waals surface area contributed by atoms with E-state index in [4.69, 9.17) is 15.2 Å². The number of benzene rings is 1. The van der Waals surface area contributed by atoms with Gasteiger partial charge in [-0.25, -0.2) is 4.98 Å². The van der Waals surface area contributed by atoms with E-state index in [2.05, 4.69) is 25.5 Å². The number of rotatable bonds is 10. The van der Waals surface area contributed by atoms with Crippen LogP contribution in [0.15, 0.2) is 24.4 Å². The predicted molar refractivity (Wildman–Crippen MR) is 112 cm³/mol. The van der Waals surface area contributed by atoms with Gasteiger partial charge in [0.1, 0.15) is 5.82 Å². The van der Waals surface area contributed by atoms with Crippen LogP contribution in [0.4, 0.5) is 26.2 Å². The molecule has 3 rings (SSSR count). The number of methoxy groups -OCH3 is 1. The third-order valence-corrected chi connectivity index (χ3v) is 4.87. The number of hydrogen-bond acceptors (Lipinski definition) is 8. The summed E-state index contributed by atoms with van der Waals surface area (Å²) in [6.45, 7) is 3.80. The van der Waals surface area contributed by atoms with E-state index in [-0.39, 0.29) is 11.8 Å². The molecule has 8 nitrogen and oxygen atoms in total. The summed E-state index contributed by atoms with van der Waals surface area (Å²) in [5.41, 5.74) is 4.99. The van der Waals surface area contributed by atoms with Gasteiger partial charge in [0.05, 0.1) is 19.3 Å². The van der Waals surface area contributed by atoms with Crippen molar-refractivity contribution < 1.29 is 18.3 Å². The normalized spacial score (nSPS) is 14.6. The molecular weight excluding hydrogens is 394 g/mol. The van der Waals surface area contributed by atoms with E-state index in [1.165, 1.54) is 12.8 Å². The summed E-state index contributed by atoms with van der Waals surface area (Å²) in [5.74, 6) is 1.18. The summed E-state index contributed by atoms with van der Waals surface area (Å²) in [7, 11) is 3.15. The maximum absolute atomic E-state index is 13.8. The first-order valence-corrected chi connectivity index (χ1v) is 9.93. The second-order valence-corrected chi connectivity index (χ2v) is 7.07. The average molecular weight is 422 g/mol. The minimum Gasteiger partial charge on any atom is -0.493 e. The molecule has 0 saturated carbocycles. The lowest BCUT2D eigenvalue weighted by Crippen LogP contribution is -2.27. The number of ether oxygens (including phenoxy) is 2. The molecule has 0 aliphatic carbocycles. The Hall–Kier alpha value is -2.72. The lowest BCUT2D eigenvalue weighted by atomic mass is 10.2. The third-order valence-electron chi connectivity index (χ3n) is 4.87. The van der Waals surface area contributed by atoms with E-state index in [1.54, 1.807) is 32.4 Å². The Balaban J connectivity index is 1.72. The Kier molecular flexibility index (Phi) is 7.22. The molecule has 10 heteroatoms. The second kappa shape index (κ2) is 9.86. The summed E-state index contributed by atoms with van der Waals surface area (Å²) in [6, 6.07) is 1.50. The van der Waals surface area contributed by atoms with E-state index < -0.39 is 11.6 Å². The Labute approximate surface area is 174 Å². The topological polar surface area (TPSA) is 97.6 Å². The van der Waals surface area contributed by atoms with Crippen LogP contribution < -0.4 is 25.8 Å². The SMILES string of the molecule is CNc1ncc(C(N)(F)F)c(Nc2ccc(OC)c(OCCCN3CCCC3)c2)n1. The molecule has 0 amide bonds. The number of anilines is 3. The van der Waals surface area contributed by atoms with Gasteiger partial charge in [0, 0.05) is 31.5 Å². The number of nitrogens with one attached hydrogen (secondary N) is 2. The lowest BCUT2D eigenvalue weighted by molar-refractivity contribution is 0.00318. The summed E-state index contributed by atoms with van der Waals surface area (Å²) >= 11 is 0. The fraction of sp³-hybridized carbons (Fsp3) is 0.500. The van der Waals surface area contributed by atoms with Crippen molar-refractivity contribution in [2.45, 2.75) is 25.3 Å². The number of aromatic nitrogens is 2. The van der Waals surface area contributed by atoms with Crippen LogP contribution in [0, 0.1) is 0 Å². The predicted octanol–water partition coefficient (Wildman–Crippen LogP) is 3.14. The van der Waals surface area contributed by atoms with Crippen molar-refractivity contribution in [2.24, 2.45) is 5.73 Å². The highest BCUT2D eigenvalue weighted by molar-refractivity contribution is 5.64. The van der Waals surface area contributed by atoms with Crippen LogP contribution in [0.25, 0.3) is 0 Å². The molecule has 0 atom stereocenters. The molecule has 4 N–H and O–H groups in total. The summed E-state index contributed by atoms with van der Waals surface area (Å²) in [5, 5.41) is 5.61. The fourth-order valence-corrected chi connectivity index (χ4v) is 3.32. The Morgan fingerprint density at radius 3 is 2.67 bits per heavy atom. The van der Waals surface area contributed by atoms with Crippen LogP contribution in [-0.4, -0.2) is 55.3 Å². The van der Waals surface area contributed by atoms with E-state index in [0.717, 1.165) is 32.3 Å². The van der Waals surface area contributed by atoms with Crippen LogP contribution in [-0.2, 0) is 6.05 Å². The molecule has 1 aromatic heterocycles. The van der Waals surface area contributed by atoms with Crippen LogP contribution in [0.3, 0.4) is 0 Å². The second-order valence-electron chi connectivity index (χ2n) is 7.07. The quantitative estimate of drug-likeness (QED) is 0.397. The van der Waals surface area contributed by atoms with Gasteiger partial charge >= 0.3 is 6.05 Å². The van der Waals surface area contributed by atoms with Crippen LogP contribution >= 0.6 is 0 Å². The maximum atomic E-state index is 13.8. The monoisotopic (exact) mass is 422 g/mol. The molecule has 30 heavy (non-hydrogen) atoms. The van der Waals surface area contributed by atoms with E-state index in [9.17, 15) is 8.78 Å². The molecule has 1 aliphatic rings. The first-order valence-electron chi connectivity index (χ1n) is 9.93. The lowest BCUT2D eigenvalue weighted by Gasteiger charge is -2.18. The molecule has 164 valence electrons. The van der Waals surface area contributed by atoms with Crippen molar-refractivity contribution in [3.63, 3.8) is 0 Å². The van der Waals surface area contributed by atoms with Crippen molar-refractivity contribution in [3.05, 3.63) is 30.0 Å². The number of alkyl halides is 2. The highest BCUT2D eigenvalue weighted by atomic mass is 19.3. The largest absolute Gasteiger partial charge is 0.493 e. The number of halogens is 2. The highest BCUT2D eigenvalue weighted by Crippen LogP contribution is 2.34. The van der Waals surface area contributed by atoms with E-state index in [0.29, 0.717) is 23.8 Å². The van der Waals surface area contributed by atoms with Crippen molar-refractivity contribution in [1.29, 1.82) is 0 Å². The molecule has 1 saturated heterocycles. The van der Waals surface area contributed by atoms with Crippen molar-refractivity contribution in [3.8, 4) is 11.5 Å². The molecule has 0 bridgehead atoms. The molecule has 2 heterocycles. The first kappa shape index (κ1) is 22.0. The number of nitrogens with zero attached hydrogens (tertiary/aromatic N) is 3. The van der Waals surface area contributed by atoms with Crippen molar-refractivity contribution in [1.82, 2.24) is 14.9 Å². The van der Waals surface area contributed by atoms with Gasteiger partial charge in [-0.05, 0) is 44.5 Å². The average Bonchev–Trinajstić information content (AvgIpc) is 3.24. The zero-order valence-electron chi connectivity index (χ0n) is 17.3. The zero-order valence-corrected chi connectivity index (χ0v) is 17.3. The maximum Gasteiger partial charge on any atom is 0.332 e. The molecule has 0 unspecified atom stereocenters. The highest BCUT2D eigenvalue weighted by Gasteiger charge is 2.30. The van der Waals surface area contributed by atoms with Crippen molar-refractivity contribution in [2.75, 3.05) is 51.0 Å². The molecular formula is C20H28F2N6O2. The Bertz CT molecular complexity index is 841. The molecule has 2 aromatic rings. The number of nitrogens with two attached hydrogens (primary N) is 1. The fourth-order valence-electron chi connectivity index (χ4n) is 3.32. The molecule has 1 aromatic carbocycles. The molecule has 1 aliphatic heterocycles. The Morgan fingerprint density at radius 2 is 2.00 bits per heavy atom. The molecule has 0 spiro atoms. The summed E-state index contributed by atoms with van der Waals surface area (Å²) < 4.78 is 38.8. The molecule has 0 radical (unpaired) electrons. The summed E-state index contributed by atoms with van der Waals surface area (Å²) in [4.78, 5) is 10.3. The minimum absolute atomic E-state index is 0.0907. The third kappa shape index (κ3) is 5.67. The van der Waals surface area contributed by atoms with Gasteiger partial charge in [-0.1, -0.05) is 0 Å². The van der Waals surface area contributed by atoms with Gasteiger partial charge in [0.2, 0.25) is 5.95 Å². The van der Waals surface area contributed by atoms with Gasteiger partial charge < -0.3 is 25.0 Å². The zero-order chi connectivity index (χ0) is 21.6. The van der Waals surface area contributed by atoms with Gasteiger partial charge in [-0.3, -0.25) is 5.73 Å². The van der Waals surface area contributed by atoms with Gasteiger partial charge in [-0.2, -0.15) is 13.8 Å². The van der Waals surface area contributed by atoms with Gasteiger partial charge in [-0.15, -0.1) is 0 Å². The van der Waals surface area contributed by atoms with Crippen LogP contribution in [0.2, 0.25) is 0 Å². The first-order chi connectivity index (χ1) is 14.4. The standard InChI is InChI=1S/C20H28F2N6O2/c1-24-19-25-13-15(20(21,22)23)18(27-19)26-14-6-7-16(29-2)17(12-14)30-11-5-10-28-8-3-4-9-28/h6-7,12-13H,3-5,8-11,23H2,1-2H3,(H2,24,25,26,27). The summed E-state index contributed by atoms with van der Waals surface area (Å²) in [6.07, 6.45) is 4.40. The number of hydrogen-bond donors (Lipinski definition) is 3. The van der Waals surface area contributed by atoms with Crippen LogP contribution in [0.5, 0.6) is 11.5 Å². The Morgan fingerprint density at radius 1 is 1.23 bits per heavy atom. The van der Waals surface area contributed by atoms with Crippen molar-refractivity contribution >= 4 is 17.5 Å². The molecule has 1 fully saturated rings. The number of likely N-dealkylation sites (tertiary alicyclic amines) is 1. The van der Waals surface area contributed by atoms with Gasteiger partial charge in [0.15, 0.2) is 11.5 Å². The van der Waals surface area contributed by atoms with E-state index in [1.807, 2.05) is 0 Å². The van der Waals surface area contributed by atoms with Crippen LogP contribution in [0.1, 0.15) is 24.8 Å². The van der Waals surface area contributed by atoms with E-state index >= 15 is 0 Å².